The van der Waals surface area contributed by atoms with Gasteiger partial charge >= 0.3 is 0 Å². The Bertz CT molecular complexity index is 678. The zero-order valence-electron chi connectivity index (χ0n) is 14.4. The molecule has 1 fully saturated rings. The molecule has 1 amide bonds. The van der Waals surface area contributed by atoms with Gasteiger partial charge in [-0.1, -0.05) is 12.1 Å². The lowest BCUT2D eigenvalue weighted by atomic mass is 10.0. The third-order valence-corrected chi connectivity index (χ3v) is 4.45. The quantitative estimate of drug-likeness (QED) is 0.812. The fourth-order valence-electron chi connectivity index (χ4n) is 3.21. The summed E-state index contributed by atoms with van der Waals surface area (Å²) in [6, 6.07) is -0.0711. The van der Waals surface area contributed by atoms with Gasteiger partial charge in [-0.2, -0.15) is 10.1 Å². The van der Waals surface area contributed by atoms with Crippen molar-refractivity contribution in [2.24, 2.45) is 7.05 Å². The van der Waals surface area contributed by atoms with Gasteiger partial charge in [-0.3, -0.25) is 9.48 Å². The minimum absolute atomic E-state index is 0.0711. The summed E-state index contributed by atoms with van der Waals surface area (Å²) in [6.07, 6.45) is 9.77. The van der Waals surface area contributed by atoms with Gasteiger partial charge in [0, 0.05) is 32.6 Å². The maximum Gasteiger partial charge on any atom is 0.249 e. The fraction of sp³-hybridized carbons (Fsp3) is 0.647. The molecule has 130 valence electrons. The van der Waals surface area contributed by atoms with E-state index in [2.05, 4.69) is 22.2 Å². The highest BCUT2D eigenvalue weighted by Gasteiger charge is 2.31. The molecule has 0 unspecified atom stereocenters. The molecule has 1 saturated heterocycles. The first-order valence-corrected chi connectivity index (χ1v) is 8.77. The first-order chi connectivity index (χ1) is 11.7. The van der Waals surface area contributed by atoms with Crippen molar-refractivity contribution in [1.29, 1.82) is 0 Å². The van der Waals surface area contributed by atoms with Crippen LogP contribution in [0.4, 0.5) is 0 Å². The van der Waals surface area contributed by atoms with Crippen molar-refractivity contribution in [3.05, 3.63) is 29.7 Å². The summed E-state index contributed by atoms with van der Waals surface area (Å²) < 4.78 is 7.20. The van der Waals surface area contributed by atoms with E-state index in [1.54, 1.807) is 4.68 Å². The van der Waals surface area contributed by atoms with E-state index in [1.165, 1.54) is 0 Å². The summed E-state index contributed by atoms with van der Waals surface area (Å²) in [5.41, 5.74) is 1.09. The summed E-state index contributed by atoms with van der Waals surface area (Å²) >= 11 is 0. The van der Waals surface area contributed by atoms with Crippen molar-refractivity contribution >= 4 is 5.91 Å². The highest BCUT2D eigenvalue weighted by Crippen LogP contribution is 2.30. The summed E-state index contributed by atoms with van der Waals surface area (Å²) in [6.45, 7) is 2.85. The molecular weight excluding hydrogens is 306 g/mol. The Kier molecular flexibility index (Phi) is 5.27. The smallest absolute Gasteiger partial charge is 0.249 e. The second kappa shape index (κ2) is 7.59. The Morgan fingerprint density at radius 3 is 3.00 bits per heavy atom. The van der Waals surface area contributed by atoms with E-state index in [-0.39, 0.29) is 11.9 Å². The van der Waals surface area contributed by atoms with Gasteiger partial charge in [0.05, 0.1) is 6.20 Å². The summed E-state index contributed by atoms with van der Waals surface area (Å²) in [7, 11) is 1.88. The number of hydrogen-bond acceptors (Lipinski definition) is 5. The lowest BCUT2D eigenvalue weighted by Crippen LogP contribution is -2.38. The number of nitrogens with zero attached hydrogens (tertiary/aromatic N) is 5. The van der Waals surface area contributed by atoms with E-state index in [0.717, 1.165) is 50.0 Å². The summed E-state index contributed by atoms with van der Waals surface area (Å²) in [5, 5.41) is 8.18. The van der Waals surface area contributed by atoms with Crippen molar-refractivity contribution in [1.82, 2.24) is 24.8 Å². The van der Waals surface area contributed by atoms with Gasteiger partial charge in [0.2, 0.25) is 11.8 Å². The third-order valence-electron chi connectivity index (χ3n) is 4.45. The van der Waals surface area contributed by atoms with Crippen LogP contribution in [-0.2, 0) is 24.7 Å². The van der Waals surface area contributed by atoms with Gasteiger partial charge in [-0.15, -0.1) is 0 Å². The van der Waals surface area contributed by atoms with E-state index >= 15 is 0 Å². The molecule has 3 rings (SSSR count). The van der Waals surface area contributed by atoms with Crippen LogP contribution in [0.1, 0.15) is 62.3 Å². The van der Waals surface area contributed by atoms with Crippen LogP contribution in [0.5, 0.6) is 0 Å². The zero-order valence-corrected chi connectivity index (χ0v) is 14.4. The molecule has 24 heavy (non-hydrogen) atoms. The molecule has 0 bridgehead atoms. The molecule has 7 nitrogen and oxygen atoms in total. The molecule has 0 saturated carbocycles. The van der Waals surface area contributed by atoms with Gasteiger partial charge in [0.1, 0.15) is 6.04 Å². The van der Waals surface area contributed by atoms with Gasteiger partial charge in [0.25, 0.3) is 0 Å². The number of carbonyl (C=O) groups is 1. The van der Waals surface area contributed by atoms with Crippen LogP contribution in [0.15, 0.2) is 16.9 Å². The highest BCUT2D eigenvalue weighted by atomic mass is 16.5. The van der Waals surface area contributed by atoms with Crippen molar-refractivity contribution in [2.75, 3.05) is 6.54 Å². The average molecular weight is 331 g/mol. The Hall–Kier alpha value is -2.18. The van der Waals surface area contributed by atoms with Gasteiger partial charge in [-0.25, -0.2) is 0 Å². The van der Waals surface area contributed by atoms with E-state index in [1.807, 2.05) is 24.3 Å². The molecule has 0 radical (unpaired) electrons. The first-order valence-electron chi connectivity index (χ1n) is 8.77. The van der Waals surface area contributed by atoms with Crippen molar-refractivity contribution in [3.8, 4) is 0 Å². The Balaban J connectivity index is 1.65. The molecule has 0 spiro atoms. The number of rotatable bonds is 6. The summed E-state index contributed by atoms with van der Waals surface area (Å²) in [5.74, 6) is 1.48. The Morgan fingerprint density at radius 1 is 1.38 bits per heavy atom. The predicted octanol–water partition coefficient (Wildman–Crippen LogP) is 2.44. The number of aryl methyl sites for hydroxylation is 3. The molecule has 1 aliphatic heterocycles. The van der Waals surface area contributed by atoms with E-state index < -0.39 is 0 Å². The maximum atomic E-state index is 12.7. The zero-order chi connectivity index (χ0) is 16.9. The van der Waals surface area contributed by atoms with Gasteiger partial charge in [0.15, 0.2) is 5.82 Å². The number of carbonyl (C=O) groups excluding carboxylic acids is 1. The Labute approximate surface area is 142 Å². The number of piperidine rings is 1. The maximum absolute atomic E-state index is 12.7. The molecule has 2 aromatic heterocycles. The SMILES string of the molecule is CCCc1noc([C@H]2CCCCN2C(=O)CCc2cnn(C)c2)n1. The number of hydrogen-bond donors (Lipinski definition) is 0. The molecule has 1 atom stereocenters. The van der Waals surface area contributed by atoms with Crippen LogP contribution < -0.4 is 0 Å². The standard InChI is InChI=1S/C17H25N5O2/c1-3-6-15-19-17(24-20-15)14-7-4-5-10-22(14)16(23)9-8-13-11-18-21(2)12-13/h11-12,14H,3-10H2,1-2H3/t14-/m1/s1. The molecule has 0 N–H and O–H groups in total. The van der Waals surface area contributed by atoms with E-state index in [0.29, 0.717) is 18.7 Å². The molecular formula is C17H25N5O2. The largest absolute Gasteiger partial charge is 0.337 e. The number of aromatic nitrogens is 4. The van der Waals surface area contributed by atoms with Crippen molar-refractivity contribution in [2.45, 2.75) is 57.9 Å². The monoisotopic (exact) mass is 331 g/mol. The molecule has 2 aromatic rings. The van der Waals surface area contributed by atoms with Crippen LogP contribution in [0.25, 0.3) is 0 Å². The van der Waals surface area contributed by atoms with Crippen molar-refractivity contribution in [3.63, 3.8) is 0 Å². The first kappa shape index (κ1) is 16.7. The van der Waals surface area contributed by atoms with Gasteiger partial charge < -0.3 is 9.42 Å². The highest BCUT2D eigenvalue weighted by molar-refractivity contribution is 5.77. The number of likely N-dealkylation sites (tertiary alicyclic amines) is 1. The summed E-state index contributed by atoms with van der Waals surface area (Å²) in [4.78, 5) is 19.1. The minimum atomic E-state index is -0.0711. The van der Waals surface area contributed by atoms with E-state index in [9.17, 15) is 4.79 Å². The molecule has 7 heteroatoms. The van der Waals surface area contributed by atoms with Crippen LogP contribution in [0, 0.1) is 0 Å². The van der Waals surface area contributed by atoms with Crippen LogP contribution in [-0.4, -0.2) is 37.3 Å². The predicted molar refractivity (Wildman–Crippen MR) is 88.1 cm³/mol. The van der Waals surface area contributed by atoms with E-state index in [4.69, 9.17) is 4.52 Å². The Morgan fingerprint density at radius 2 is 2.25 bits per heavy atom. The lowest BCUT2D eigenvalue weighted by molar-refractivity contribution is -0.135. The normalized spacial score (nSPS) is 18.1. The van der Waals surface area contributed by atoms with Crippen molar-refractivity contribution < 1.29 is 9.32 Å². The van der Waals surface area contributed by atoms with Crippen LogP contribution in [0.3, 0.4) is 0 Å². The molecule has 0 aliphatic carbocycles. The minimum Gasteiger partial charge on any atom is -0.337 e. The average Bonchev–Trinajstić information content (AvgIpc) is 3.22. The fourth-order valence-corrected chi connectivity index (χ4v) is 3.21. The topological polar surface area (TPSA) is 77.0 Å². The molecule has 3 heterocycles. The van der Waals surface area contributed by atoms with Crippen LogP contribution in [0.2, 0.25) is 0 Å². The second-order valence-electron chi connectivity index (χ2n) is 6.42. The molecule has 0 aromatic carbocycles. The third kappa shape index (κ3) is 3.83. The lowest BCUT2D eigenvalue weighted by Gasteiger charge is -2.33. The van der Waals surface area contributed by atoms with Gasteiger partial charge in [-0.05, 0) is 37.7 Å². The molecule has 1 aliphatic rings. The van der Waals surface area contributed by atoms with Crippen LogP contribution >= 0.6 is 0 Å². The second-order valence-corrected chi connectivity index (χ2v) is 6.42. The number of amides is 1.